The highest BCUT2D eigenvalue weighted by atomic mass is 32.2. The van der Waals surface area contributed by atoms with Crippen molar-refractivity contribution in [2.75, 3.05) is 11.6 Å². The van der Waals surface area contributed by atoms with Crippen LogP contribution in [0.15, 0.2) is 18.2 Å². The second kappa shape index (κ2) is 3.66. The number of amides is 1. The third-order valence-electron chi connectivity index (χ3n) is 2.95. The summed E-state index contributed by atoms with van der Waals surface area (Å²) in [5.41, 5.74) is 0.103. The lowest BCUT2D eigenvalue weighted by Crippen LogP contribution is -2.26. The first-order valence-corrected chi connectivity index (χ1v) is 6.10. The van der Waals surface area contributed by atoms with Crippen molar-refractivity contribution >= 4 is 23.4 Å². The third-order valence-corrected chi connectivity index (χ3v) is 4.17. The maximum Gasteiger partial charge on any atom is 0.416 e. The van der Waals surface area contributed by atoms with Gasteiger partial charge in [0.05, 0.1) is 5.56 Å². The number of rotatable bonds is 1. The summed E-state index contributed by atoms with van der Waals surface area (Å²) in [5.74, 6) is -0.278. The molecule has 0 saturated heterocycles. The number of alkyl halides is 3. The Balaban J connectivity index is 2.53. The molecule has 0 radical (unpaired) electrons. The van der Waals surface area contributed by atoms with E-state index in [2.05, 4.69) is 5.32 Å². The molecule has 1 N–H and O–H groups in total. The molecule has 1 amide bonds. The second-order valence-electron chi connectivity index (χ2n) is 3.95. The van der Waals surface area contributed by atoms with E-state index in [4.69, 9.17) is 0 Å². The first-order valence-electron chi connectivity index (χ1n) is 4.87. The summed E-state index contributed by atoms with van der Waals surface area (Å²) in [6.45, 7) is 1.70. The zero-order valence-corrected chi connectivity index (χ0v) is 10.00. The van der Waals surface area contributed by atoms with Gasteiger partial charge in [0.25, 0.3) is 0 Å². The van der Waals surface area contributed by atoms with Crippen molar-refractivity contribution in [3.8, 4) is 0 Å². The number of thioether (sulfide) groups is 1. The van der Waals surface area contributed by atoms with Gasteiger partial charge in [0, 0.05) is 11.3 Å². The highest BCUT2D eigenvalue weighted by Crippen LogP contribution is 2.46. The summed E-state index contributed by atoms with van der Waals surface area (Å²) in [4.78, 5) is 11.7. The van der Waals surface area contributed by atoms with Crippen molar-refractivity contribution in [1.29, 1.82) is 0 Å². The molecule has 1 heterocycles. The highest BCUT2D eigenvalue weighted by molar-refractivity contribution is 8.00. The minimum Gasteiger partial charge on any atom is -0.324 e. The number of carbonyl (C=O) groups is 1. The summed E-state index contributed by atoms with van der Waals surface area (Å²) in [7, 11) is 0. The van der Waals surface area contributed by atoms with E-state index >= 15 is 0 Å². The number of benzene rings is 1. The largest absolute Gasteiger partial charge is 0.416 e. The predicted molar refractivity (Wildman–Crippen MR) is 60.9 cm³/mol. The van der Waals surface area contributed by atoms with Crippen LogP contribution in [-0.4, -0.2) is 12.2 Å². The Morgan fingerprint density at radius 1 is 1.35 bits per heavy atom. The third kappa shape index (κ3) is 1.80. The van der Waals surface area contributed by atoms with E-state index < -0.39 is 16.5 Å². The molecular formula is C11H10F3NOS. The zero-order valence-electron chi connectivity index (χ0n) is 9.18. The smallest absolute Gasteiger partial charge is 0.324 e. The van der Waals surface area contributed by atoms with Crippen LogP contribution in [0.5, 0.6) is 0 Å². The molecule has 1 aliphatic heterocycles. The lowest BCUT2D eigenvalue weighted by atomic mass is 10.0. The Morgan fingerprint density at radius 3 is 2.53 bits per heavy atom. The Hall–Kier alpha value is -1.17. The maximum atomic E-state index is 12.5. The fraction of sp³-hybridized carbons (Fsp3) is 0.364. The molecule has 17 heavy (non-hydrogen) atoms. The van der Waals surface area contributed by atoms with Gasteiger partial charge in [-0.2, -0.15) is 13.2 Å². The second-order valence-corrected chi connectivity index (χ2v) is 5.17. The molecule has 1 aromatic rings. The van der Waals surface area contributed by atoms with Crippen molar-refractivity contribution < 1.29 is 18.0 Å². The van der Waals surface area contributed by atoms with Gasteiger partial charge in [0.1, 0.15) is 4.75 Å². The van der Waals surface area contributed by atoms with Gasteiger partial charge >= 0.3 is 6.18 Å². The Bertz CT molecular complexity index is 486. The van der Waals surface area contributed by atoms with Crippen LogP contribution >= 0.6 is 11.8 Å². The van der Waals surface area contributed by atoms with Crippen molar-refractivity contribution in [1.82, 2.24) is 0 Å². The lowest BCUT2D eigenvalue weighted by Gasteiger charge is -2.19. The lowest BCUT2D eigenvalue weighted by molar-refractivity contribution is -0.137. The number of halogens is 3. The van der Waals surface area contributed by atoms with Gasteiger partial charge in [-0.15, -0.1) is 11.8 Å². The van der Waals surface area contributed by atoms with Crippen LogP contribution < -0.4 is 5.32 Å². The van der Waals surface area contributed by atoms with Gasteiger partial charge < -0.3 is 5.32 Å². The molecule has 2 rings (SSSR count). The van der Waals surface area contributed by atoms with Crippen LogP contribution in [0.2, 0.25) is 0 Å². The zero-order chi connectivity index (χ0) is 12.8. The molecule has 1 atom stereocenters. The molecule has 0 fully saturated rings. The molecule has 92 valence electrons. The molecular weight excluding hydrogens is 251 g/mol. The van der Waals surface area contributed by atoms with Crippen LogP contribution in [0.4, 0.5) is 18.9 Å². The number of carbonyl (C=O) groups excluding carboxylic acids is 1. The molecule has 6 heteroatoms. The molecule has 1 aromatic carbocycles. The van der Waals surface area contributed by atoms with Crippen LogP contribution in [0.3, 0.4) is 0 Å². The van der Waals surface area contributed by atoms with Crippen LogP contribution in [0.25, 0.3) is 0 Å². The fourth-order valence-corrected chi connectivity index (χ4v) is 2.44. The molecule has 1 aliphatic rings. The molecule has 0 bridgehead atoms. The monoisotopic (exact) mass is 261 g/mol. The van der Waals surface area contributed by atoms with E-state index in [0.717, 1.165) is 12.1 Å². The number of anilines is 1. The summed E-state index contributed by atoms with van der Waals surface area (Å²) in [6.07, 6.45) is -2.63. The van der Waals surface area contributed by atoms with Crippen molar-refractivity contribution in [3.63, 3.8) is 0 Å². The molecule has 0 spiro atoms. The summed E-state index contributed by atoms with van der Waals surface area (Å²) < 4.78 is 36.7. The normalized spacial score (nSPS) is 23.5. The van der Waals surface area contributed by atoms with Gasteiger partial charge in [-0.3, -0.25) is 4.79 Å². The van der Waals surface area contributed by atoms with Crippen LogP contribution in [-0.2, 0) is 15.7 Å². The average molecular weight is 261 g/mol. The summed E-state index contributed by atoms with van der Waals surface area (Å²) in [5, 5.41) is 2.49. The Kier molecular flexibility index (Phi) is 2.65. The van der Waals surface area contributed by atoms with Crippen LogP contribution in [0.1, 0.15) is 18.1 Å². The van der Waals surface area contributed by atoms with Crippen molar-refractivity contribution in [2.45, 2.75) is 17.8 Å². The standard InChI is InChI=1S/C11H10F3NOS/c1-10(17-2)7-4-3-6(11(12,13)14)5-8(7)15-9(10)16/h3-5H,1-2H3,(H,15,16). The number of hydrogen-bond donors (Lipinski definition) is 1. The summed E-state index contributed by atoms with van der Waals surface area (Å²) in [6, 6.07) is 3.36. The number of fused-ring (bicyclic) bond motifs is 1. The number of hydrogen-bond acceptors (Lipinski definition) is 2. The van der Waals surface area contributed by atoms with E-state index in [-0.39, 0.29) is 11.6 Å². The molecule has 0 aliphatic carbocycles. The molecule has 0 aromatic heterocycles. The quantitative estimate of drug-likeness (QED) is 0.840. The van der Waals surface area contributed by atoms with Gasteiger partial charge in [-0.25, -0.2) is 0 Å². The van der Waals surface area contributed by atoms with Crippen molar-refractivity contribution in [2.24, 2.45) is 0 Å². The average Bonchev–Trinajstić information content (AvgIpc) is 2.50. The van der Waals surface area contributed by atoms with Gasteiger partial charge in [-0.05, 0) is 25.3 Å². The molecule has 0 saturated carbocycles. The SMILES string of the molecule is CSC1(C)C(=O)Nc2cc(C(F)(F)F)ccc21. The van der Waals surface area contributed by atoms with E-state index in [1.807, 2.05) is 0 Å². The maximum absolute atomic E-state index is 12.5. The Morgan fingerprint density at radius 2 is 2.00 bits per heavy atom. The van der Waals surface area contributed by atoms with E-state index in [1.54, 1.807) is 13.2 Å². The van der Waals surface area contributed by atoms with E-state index in [9.17, 15) is 18.0 Å². The van der Waals surface area contributed by atoms with Crippen LogP contribution in [0, 0.1) is 0 Å². The molecule has 1 unspecified atom stereocenters. The van der Waals surface area contributed by atoms with E-state index in [1.165, 1.54) is 17.8 Å². The minimum atomic E-state index is -4.39. The number of nitrogens with one attached hydrogen (secondary N) is 1. The minimum absolute atomic E-state index is 0.252. The Labute approximate surface area is 101 Å². The molecule has 2 nitrogen and oxygen atoms in total. The predicted octanol–water partition coefficient (Wildman–Crippen LogP) is 3.24. The highest BCUT2D eigenvalue weighted by Gasteiger charge is 2.43. The van der Waals surface area contributed by atoms with E-state index in [0.29, 0.717) is 5.56 Å². The first-order chi connectivity index (χ1) is 7.79. The van der Waals surface area contributed by atoms with Gasteiger partial charge in [0.2, 0.25) is 5.91 Å². The van der Waals surface area contributed by atoms with Crippen molar-refractivity contribution in [3.05, 3.63) is 29.3 Å². The summed E-state index contributed by atoms with van der Waals surface area (Å²) >= 11 is 1.31. The van der Waals surface area contributed by atoms with Gasteiger partial charge in [-0.1, -0.05) is 6.07 Å². The van der Waals surface area contributed by atoms with Gasteiger partial charge in [0.15, 0.2) is 0 Å². The fourth-order valence-electron chi connectivity index (χ4n) is 1.81. The topological polar surface area (TPSA) is 29.1 Å². The first kappa shape index (κ1) is 12.3.